The van der Waals surface area contributed by atoms with E-state index in [1.165, 1.54) is 18.8 Å². The summed E-state index contributed by atoms with van der Waals surface area (Å²) in [7, 11) is 6.04. The number of carbonyl (C=O) groups excluding carboxylic acids is 1. The summed E-state index contributed by atoms with van der Waals surface area (Å²) >= 11 is 0. The number of carbonyl (C=O) groups is 1. The molecule has 0 bridgehead atoms. The summed E-state index contributed by atoms with van der Waals surface area (Å²) in [5.41, 5.74) is 1.40. The Balaban J connectivity index is 2.51. The molecular weight excluding hydrogens is 288 g/mol. The molecule has 0 spiro atoms. The molecule has 0 radical (unpaired) electrons. The molecule has 0 unspecified atom stereocenters. The van der Waals surface area contributed by atoms with Gasteiger partial charge in [0, 0.05) is 13.1 Å². The van der Waals surface area contributed by atoms with Gasteiger partial charge in [0.2, 0.25) is 0 Å². The lowest BCUT2D eigenvalue weighted by molar-refractivity contribution is -0.0761. The lowest BCUT2D eigenvalue weighted by Crippen LogP contribution is -2.26. The first-order chi connectivity index (χ1) is 10.5. The Morgan fingerprint density at radius 2 is 1.95 bits per heavy atom. The second kappa shape index (κ2) is 6.44. The predicted octanol–water partition coefficient (Wildman–Crippen LogP) is 1.23. The molecule has 0 aliphatic carbocycles. The Kier molecular flexibility index (Phi) is 4.62. The van der Waals surface area contributed by atoms with Crippen LogP contribution in [0.5, 0.6) is 11.5 Å². The molecule has 1 heterocycles. The number of aromatic nitrogens is 3. The zero-order chi connectivity index (χ0) is 16.3. The lowest BCUT2D eigenvalue weighted by Gasteiger charge is -2.13. The smallest absolute Gasteiger partial charge is 0.299 e. The number of hydrogen-bond donors (Lipinski definition) is 0. The van der Waals surface area contributed by atoms with Crippen LogP contribution in [0.2, 0.25) is 0 Å². The Bertz CT molecular complexity index is 683. The van der Waals surface area contributed by atoms with E-state index in [1.54, 1.807) is 39.3 Å². The number of rotatable bonds is 5. The number of nitrogens with zero attached hydrogens (tertiary/aromatic N) is 4. The zero-order valence-electron chi connectivity index (χ0n) is 13.2. The Morgan fingerprint density at radius 1 is 1.23 bits per heavy atom. The monoisotopic (exact) mass is 306 g/mol. The molecule has 2 rings (SSSR count). The number of hydroxylamine groups is 2. The molecule has 0 fully saturated rings. The van der Waals surface area contributed by atoms with Crippen LogP contribution in [0.25, 0.3) is 5.69 Å². The van der Waals surface area contributed by atoms with Gasteiger partial charge in [-0.15, -0.1) is 5.10 Å². The first-order valence-corrected chi connectivity index (χ1v) is 6.50. The van der Waals surface area contributed by atoms with Gasteiger partial charge in [-0.3, -0.25) is 9.63 Å². The topological polar surface area (TPSA) is 78.7 Å². The Labute approximate surface area is 128 Å². The third-order valence-electron chi connectivity index (χ3n) is 3.27. The average Bonchev–Trinajstić information content (AvgIpc) is 2.94. The van der Waals surface area contributed by atoms with Gasteiger partial charge >= 0.3 is 0 Å². The van der Waals surface area contributed by atoms with Crippen LogP contribution >= 0.6 is 0 Å². The molecule has 1 aromatic carbocycles. The molecule has 1 aromatic heterocycles. The number of amides is 1. The molecule has 0 saturated heterocycles. The van der Waals surface area contributed by atoms with E-state index in [4.69, 9.17) is 14.3 Å². The van der Waals surface area contributed by atoms with Crippen LogP contribution in [0.4, 0.5) is 0 Å². The minimum Gasteiger partial charge on any atom is -0.497 e. The molecule has 8 heteroatoms. The quantitative estimate of drug-likeness (QED) is 0.773. The molecule has 0 aliphatic heterocycles. The molecule has 2 aromatic rings. The van der Waals surface area contributed by atoms with Crippen molar-refractivity contribution in [2.45, 2.75) is 6.92 Å². The Hall–Kier alpha value is -2.61. The maximum Gasteiger partial charge on any atom is 0.299 e. The van der Waals surface area contributed by atoms with Crippen LogP contribution in [0.3, 0.4) is 0 Å². The van der Waals surface area contributed by atoms with Crippen molar-refractivity contribution in [2.24, 2.45) is 0 Å². The lowest BCUT2D eigenvalue weighted by atomic mass is 10.2. The fourth-order valence-electron chi connectivity index (χ4n) is 1.95. The average molecular weight is 306 g/mol. The molecule has 8 nitrogen and oxygen atoms in total. The van der Waals surface area contributed by atoms with Gasteiger partial charge in [-0.25, -0.2) is 9.75 Å². The minimum atomic E-state index is -0.381. The Morgan fingerprint density at radius 3 is 2.55 bits per heavy atom. The van der Waals surface area contributed by atoms with Crippen LogP contribution < -0.4 is 9.47 Å². The van der Waals surface area contributed by atoms with Crippen LogP contribution in [0, 0.1) is 6.92 Å². The van der Waals surface area contributed by atoms with Crippen molar-refractivity contribution < 1.29 is 19.1 Å². The van der Waals surface area contributed by atoms with Crippen LogP contribution in [-0.2, 0) is 4.84 Å². The largest absolute Gasteiger partial charge is 0.497 e. The van der Waals surface area contributed by atoms with Crippen molar-refractivity contribution >= 4 is 5.91 Å². The van der Waals surface area contributed by atoms with Gasteiger partial charge in [-0.05, 0) is 19.1 Å². The third kappa shape index (κ3) is 2.73. The maximum atomic E-state index is 12.1. The summed E-state index contributed by atoms with van der Waals surface area (Å²) in [6.07, 6.45) is 0. The van der Waals surface area contributed by atoms with E-state index >= 15 is 0 Å². The van der Waals surface area contributed by atoms with E-state index in [9.17, 15) is 4.79 Å². The summed E-state index contributed by atoms with van der Waals surface area (Å²) < 4.78 is 12.1. The van der Waals surface area contributed by atoms with E-state index in [1.807, 2.05) is 0 Å². The molecule has 0 saturated carbocycles. The highest BCUT2D eigenvalue weighted by Crippen LogP contribution is 2.28. The zero-order valence-corrected chi connectivity index (χ0v) is 13.2. The van der Waals surface area contributed by atoms with Crippen molar-refractivity contribution in [1.29, 1.82) is 0 Å². The van der Waals surface area contributed by atoms with Crippen LogP contribution in [0.1, 0.15) is 16.2 Å². The normalized spacial score (nSPS) is 10.4. The molecular formula is C14H18N4O4. The minimum absolute atomic E-state index is 0.203. The van der Waals surface area contributed by atoms with E-state index in [0.717, 1.165) is 5.06 Å². The van der Waals surface area contributed by atoms with Gasteiger partial charge in [0.25, 0.3) is 5.91 Å². The number of benzene rings is 1. The van der Waals surface area contributed by atoms with E-state index in [-0.39, 0.29) is 11.6 Å². The molecule has 0 atom stereocenters. The van der Waals surface area contributed by atoms with Crippen molar-refractivity contribution in [1.82, 2.24) is 20.1 Å². The maximum absolute atomic E-state index is 12.1. The molecule has 0 N–H and O–H groups in total. The van der Waals surface area contributed by atoms with E-state index < -0.39 is 0 Å². The summed E-state index contributed by atoms with van der Waals surface area (Å²) in [6, 6.07) is 5.30. The summed E-state index contributed by atoms with van der Waals surface area (Å²) in [4.78, 5) is 17.0. The van der Waals surface area contributed by atoms with Gasteiger partial charge < -0.3 is 9.47 Å². The van der Waals surface area contributed by atoms with Gasteiger partial charge in [-0.1, -0.05) is 5.21 Å². The highest BCUT2D eigenvalue weighted by atomic mass is 16.7. The van der Waals surface area contributed by atoms with Gasteiger partial charge in [0.15, 0.2) is 5.69 Å². The van der Waals surface area contributed by atoms with Crippen molar-refractivity contribution in [3.8, 4) is 17.2 Å². The highest BCUT2D eigenvalue weighted by molar-refractivity contribution is 5.92. The predicted molar refractivity (Wildman–Crippen MR) is 78.3 cm³/mol. The molecule has 1 amide bonds. The van der Waals surface area contributed by atoms with E-state index in [2.05, 4.69) is 10.3 Å². The van der Waals surface area contributed by atoms with Crippen molar-refractivity contribution in [2.75, 3.05) is 28.4 Å². The number of ether oxygens (including phenoxy) is 2. The summed E-state index contributed by atoms with van der Waals surface area (Å²) in [6.45, 7) is 1.75. The van der Waals surface area contributed by atoms with Crippen molar-refractivity contribution in [3.63, 3.8) is 0 Å². The van der Waals surface area contributed by atoms with Gasteiger partial charge in [0.1, 0.15) is 17.2 Å². The second-order valence-electron chi connectivity index (χ2n) is 4.46. The second-order valence-corrected chi connectivity index (χ2v) is 4.46. The van der Waals surface area contributed by atoms with Crippen LogP contribution in [0.15, 0.2) is 18.2 Å². The van der Waals surface area contributed by atoms with Crippen LogP contribution in [-0.4, -0.2) is 54.3 Å². The van der Waals surface area contributed by atoms with Crippen molar-refractivity contribution in [3.05, 3.63) is 29.6 Å². The molecule has 118 valence electrons. The third-order valence-corrected chi connectivity index (χ3v) is 3.27. The summed E-state index contributed by atoms with van der Waals surface area (Å²) in [5.74, 6) is 0.855. The standard InChI is InChI=1S/C14H18N4O4/c1-9-13(14(19)17(2)22-5)15-16-18(9)11-8-10(20-3)6-7-12(11)21-4/h6-8H,1-5H3. The molecule has 22 heavy (non-hydrogen) atoms. The summed E-state index contributed by atoms with van der Waals surface area (Å²) in [5, 5.41) is 9.06. The van der Waals surface area contributed by atoms with E-state index in [0.29, 0.717) is 22.9 Å². The SMILES string of the molecule is COc1ccc(OC)c(-n2nnc(C(=O)N(C)OC)c2C)c1. The van der Waals surface area contributed by atoms with Gasteiger partial charge in [0.05, 0.1) is 27.0 Å². The molecule has 0 aliphatic rings. The number of methoxy groups -OCH3 is 2. The van der Waals surface area contributed by atoms with Gasteiger partial charge in [-0.2, -0.15) is 0 Å². The number of hydrogen-bond acceptors (Lipinski definition) is 6. The highest BCUT2D eigenvalue weighted by Gasteiger charge is 2.22. The fourth-order valence-corrected chi connectivity index (χ4v) is 1.95. The fraction of sp³-hybridized carbons (Fsp3) is 0.357. The first-order valence-electron chi connectivity index (χ1n) is 6.50. The first kappa shape index (κ1) is 15.8.